The van der Waals surface area contributed by atoms with Crippen LogP contribution in [0.1, 0.15) is 75.5 Å². The molecule has 6 nitrogen and oxygen atoms in total. The summed E-state index contributed by atoms with van der Waals surface area (Å²) in [6, 6.07) is 4.26. The zero-order valence-electron chi connectivity index (χ0n) is 20.7. The van der Waals surface area contributed by atoms with Gasteiger partial charge in [0, 0.05) is 50.2 Å². The van der Waals surface area contributed by atoms with Crippen molar-refractivity contribution in [3.8, 4) is 0 Å². The van der Waals surface area contributed by atoms with Crippen molar-refractivity contribution in [2.75, 3.05) is 40.4 Å². The summed E-state index contributed by atoms with van der Waals surface area (Å²) in [4.78, 5) is 16.3. The van der Waals surface area contributed by atoms with E-state index in [1.165, 1.54) is 32.1 Å². The summed E-state index contributed by atoms with van der Waals surface area (Å²) in [6.45, 7) is 2.90. The number of likely N-dealkylation sites (N-methyl/N-ethyl adjacent to an activating group) is 1. The summed E-state index contributed by atoms with van der Waals surface area (Å²) in [5, 5.41) is 20.5. The summed E-state index contributed by atoms with van der Waals surface area (Å²) in [7, 11) is 3.68. The number of aliphatic hydroxyl groups is 1. The van der Waals surface area contributed by atoms with Crippen molar-refractivity contribution in [3.63, 3.8) is 0 Å². The average molecular weight is 480 g/mol. The second-order valence-electron chi connectivity index (χ2n) is 10.1. The fourth-order valence-corrected chi connectivity index (χ4v) is 6.71. The van der Waals surface area contributed by atoms with E-state index < -0.39 is 5.60 Å². The fraction of sp³-hybridized carbons (Fsp3) is 0.808. The molecule has 0 aromatic carbocycles. The van der Waals surface area contributed by atoms with Crippen LogP contribution in [0.25, 0.3) is 0 Å². The number of nitrogens with one attached hydrogen (secondary N) is 2. The van der Waals surface area contributed by atoms with Crippen molar-refractivity contribution in [1.82, 2.24) is 15.5 Å². The molecule has 2 fully saturated rings. The number of hydrogen-bond donors (Lipinski definition) is 3. The molecule has 1 aromatic rings. The average Bonchev–Trinajstić information content (AvgIpc) is 3.38. The first-order valence-corrected chi connectivity index (χ1v) is 13.9. The van der Waals surface area contributed by atoms with Crippen LogP contribution in [0.4, 0.5) is 4.79 Å². The molecule has 2 aliphatic rings. The first kappa shape index (κ1) is 26.5. The predicted molar refractivity (Wildman–Crippen MR) is 136 cm³/mol. The van der Waals surface area contributed by atoms with Crippen LogP contribution >= 0.6 is 11.3 Å². The lowest BCUT2D eigenvalue weighted by atomic mass is 9.77. The zero-order chi connectivity index (χ0) is 23.5. The van der Waals surface area contributed by atoms with Gasteiger partial charge in [0.2, 0.25) is 0 Å². The number of unbranched alkanes of at least 4 members (excludes halogenated alkanes) is 1. The first-order valence-electron chi connectivity index (χ1n) is 13.0. The highest BCUT2D eigenvalue weighted by atomic mass is 32.1. The normalized spacial score (nSPS) is 22.6. The van der Waals surface area contributed by atoms with Gasteiger partial charge in [-0.05, 0) is 62.9 Å². The number of piperidine rings is 1. The molecule has 1 aromatic heterocycles. The monoisotopic (exact) mass is 479 g/mol. The lowest BCUT2D eigenvalue weighted by Gasteiger charge is -2.42. The third-order valence-corrected chi connectivity index (χ3v) is 8.65. The van der Waals surface area contributed by atoms with Crippen molar-refractivity contribution in [3.05, 3.63) is 22.4 Å². The third-order valence-electron chi connectivity index (χ3n) is 7.61. The van der Waals surface area contributed by atoms with E-state index in [1.54, 1.807) is 18.4 Å². The maximum absolute atomic E-state index is 13.3. The molecule has 3 N–H and O–H groups in total. The van der Waals surface area contributed by atoms with Gasteiger partial charge < -0.3 is 25.4 Å². The van der Waals surface area contributed by atoms with Crippen molar-refractivity contribution in [1.29, 1.82) is 0 Å². The Hall–Kier alpha value is -1.15. The minimum Gasteiger partial charge on any atom is -0.385 e. The topological polar surface area (TPSA) is 73.8 Å². The molecule has 3 rings (SSSR count). The van der Waals surface area contributed by atoms with Gasteiger partial charge in [-0.25, -0.2) is 4.79 Å². The molecular formula is C26H45N3O3S. The molecule has 0 radical (unpaired) electrons. The van der Waals surface area contributed by atoms with Crippen LogP contribution in [0.15, 0.2) is 17.5 Å². The van der Waals surface area contributed by atoms with Gasteiger partial charge in [-0.15, -0.1) is 11.3 Å². The van der Waals surface area contributed by atoms with Gasteiger partial charge in [0.05, 0.1) is 0 Å². The van der Waals surface area contributed by atoms with E-state index in [-0.39, 0.29) is 18.0 Å². The van der Waals surface area contributed by atoms with Crippen molar-refractivity contribution < 1.29 is 14.6 Å². The molecule has 188 valence electrons. The minimum absolute atomic E-state index is 0.0312. The number of amides is 2. The van der Waals surface area contributed by atoms with E-state index in [2.05, 4.69) is 10.6 Å². The number of nitrogens with zero attached hydrogens (tertiary/aromatic N) is 1. The Morgan fingerprint density at radius 1 is 1.27 bits per heavy atom. The van der Waals surface area contributed by atoms with Gasteiger partial charge in [0.15, 0.2) is 0 Å². The molecule has 3 atom stereocenters. The molecule has 2 heterocycles. The maximum Gasteiger partial charge on any atom is 0.317 e. The number of carbonyl (C=O) groups excluding carboxylic acids is 1. The van der Waals surface area contributed by atoms with Crippen LogP contribution in [0, 0.1) is 11.8 Å². The molecule has 0 unspecified atom stereocenters. The number of rotatable bonds is 12. The molecule has 1 saturated carbocycles. The van der Waals surface area contributed by atoms with Crippen molar-refractivity contribution in [2.24, 2.45) is 11.8 Å². The Bertz CT molecular complexity index is 680. The predicted octanol–water partition coefficient (Wildman–Crippen LogP) is 4.73. The maximum atomic E-state index is 13.3. The fourth-order valence-electron chi connectivity index (χ4n) is 5.78. The number of thiophene rings is 1. The van der Waals surface area contributed by atoms with Gasteiger partial charge >= 0.3 is 6.03 Å². The van der Waals surface area contributed by atoms with E-state index in [0.29, 0.717) is 19.6 Å². The van der Waals surface area contributed by atoms with Gasteiger partial charge in [0.25, 0.3) is 0 Å². The molecule has 7 heteroatoms. The summed E-state index contributed by atoms with van der Waals surface area (Å²) in [5.41, 5.74) is -0.882. The van der Waals surface area contributed by atoms with Gasteiger partial charge in [-0.2, -0.15) is 0 Å². The van der Waals surface area contributed by atoms with Gasteiger partial charge in [-0.3, -0.25) is 0 Å². The summed E-state index contributed by atoms with van der Waals surface area (Å²) in [5.74, 6) is 0.779. The Kier molecular flexibility index (Phi) is 11.0. The quantitative estimate of drug-likeness (QED) is 0.379. The van der Waals surface area contributed by atoms with Crippen LogP contribution in [0.3, 0.4) is 0 Å². The number of hydrogen-bond acceptors (Lipinski definition) is 5. The number of methoxy groups -OCH3 is 1. The zero-order valence-corrected chi connectivity index (χ0v) is 21.5. The second kappa shape index (κ2) is 13.7. The second-order valence-corrected chi connectivity index (χ2v) is 11.0. The molecule has 33 heavy (non-hydrogen) atoms. The molecule has 1 aliphatic carbocycles. The van der Waals surface area contributed by atoms with Crippen molar-refractivity contribution >= 4 is 17.4 Å². The molecule has 1 aliphatic heterocycles. The molecule has 0 bridgehead atoms. The Labute approximate surface area is 204 Å². The molecule has 1 saturated heterocycles. The van der Waals surface area contributed by atoms with Crippen molar-refractivity contribution in [2.45, 2.75) is 82.3 Å². The summed E-state index contributed by atoms with van der Waals surface area (Å²) < 4.78 is 5.21. The molecular weight excluding hydrogens is 434 g/mol. The number of urea groups is 1. The standard InChI is InChI=1S/C26H45N3O3S/c1-27-19-23(18-21-10-4-3-5-11-21)28-25(30)29-15-8-12-22(20-29)26(31,14-6-7-16-32-2)24-13-9-17-33-24/h9,13,17,21-23,27,31H,3-8,10-12,14-16,18-20H2,1-2H3,(H,28,30)/t22-,23+,26+/m1/s1. The Morgan fingerprint density at radius 3 is 2.79 bits per heavy atom. The Morgan fingerprint density at radius 2 is 2.09 bits per heavy atom. The van der Waals surface area contributed by atoms with E-state index in [0.717, 1.165) is 56.0 Å². The van der Waals surface area contributed by atoms with Crippen LogP contribution in [-0.2, 0) is 10.3 Å². The Balaban J connectivity index is 1.62. The van der Waals surface area contributed by atoms with Gasteiger partial charge in [0.1, 0.15) is 5.60 Å². The SMILES string of the molecule is CNC[C@H](CC1CCCCC1)NC(=O)N1CCC[C@@H]([C@@](O)(CCCCOC)c2cccs2)C1. The molecule has 2 amide bonds. The van der Waals surface area contributed by atoms with Gasteiger partial charge in [-0.1, -0.05) is 38.2 Å². The van der Waals surface area contributed by atoms with E-state index in [9.17, 15) is 9.90 Å². The highest BCUT2D eigenvalue weighted by Gasteiger charge is 2.42. The lowest BCUT2D eigenvalue weighted by molar-refractivity contribution is -0.0535. The highest BCUT2D eigenvalue weighted by molar-refractivity contribution is 7.10. The van der Waals surface area contributed by atoms with Crippen LogP contribution in [0.2, 0.25) is 0 Å². The summed E-state index contributed by atoms with van der Waals surface area (Å²) in [6.07, 6.45) is 12.1. The van der Waals surface area contributed by atoms with E-state index >= 15 is 0 Å². The van der Waals surface area contributed by atoms with Crippen LogP contribution < -0.4 is 10.6 Å². The minimum atomic E-state index is -0.882. The third kappa shape index (κ3) is 7.67. The van der Waals surface area contributed by atoms with E-state index in [4.69, 9.17) is 4.74 Å². The number of carbonyl (C=O) groups is 1. The van der Waals surface area contributed by atoms with Crippen LogP contribution in [0.5, 0.6) is 0 Å². The largest absolute Gasteiger partial charge is 0.385 e. The highest BCUT2D eigenvalue weighted by Crippen LogP contribution is 2.41. The first-order chi connectivity index (χ1) is 16.1. The number of ether oxygens (including phenoxy) is 1. The van der Waals surface area contributed by atoms with Crippen LogP contribution in [-0.4, -0.2) is 62.5 Å². The number of likely N-dealkylation sites (tertiary alicyclic amines) is 1. The smallest absolute Gasteiger partial charge is 0.317 e. The lowest BCUT2D eigenvalue weighted by Crippen LogP contribution is -2.53. The molecule has 0 spiro atoms. The van der Waals surface area contributed by atoms with E-state index in [1.807, 2.05) is 29.5 Å². The summed E-state index contributed by atoms with van der Waals surface area (Å²) >= 11 is 1.63.